The number of unbranched alkanes of at least 4 members (excludes halogenated alkanes) is 2. The maximum absolute atomic E-state index is 8.88. The van der Waals surface area contributed by atoms with Crippen LogP contribution >= 0.6 is 0 Å². The average molecular weight is 242 g/mol. The molecule has 2 nitrogen and oxygen atoms in total. The van der Waals surface area contributed by atoms with Gasteiger partial charge in [-0.3, -0.25) is 0 Å². The maximum atomic E-state index is 8.88. The molecular weight excluding hydrogens is 220 g/mol. The minimum Gasteiger partial charge on any atom is -0.361 e. The van der Waals surface area contributed by atoms with Crippen LogP contribution in [0.15, 0.2) is 24.4 Å². The lowest BCUT2D eigenvalue weighted by atomic mass is 10.0. The zero-order valence-corrected chi connectivity index (χ0v) is 11.6. The number of rotatable bonds is 4. The number of hydrogen-bond acceptors (Lipinski definition) is 1. The van der Waals surface area contributed by atoms with Gasteiger partial charge in [0.05, 0.1) is 11.6 Å². The van der Waals surface area contributed by atoms with E-state index in [-0.39, 0.29) is 0 Å². The smallest absolute Gasteiger partial charge is 0.0991 e. The summed E-state index contributed by atoms with van der Waals surface area (Å²) in [5.41, 5.74) is 3.20. The van der Waals surface area contributed by atoms with Gasteiger partial charge in [-0.2, -0.15) is 5.26 Å². The van der Waals surface area contributed by atoms with E-state index in [2.05, 4.69) is 24.2 Å². The Morgan fingerprint density at radius 2 is 2.00 bits per heavy atom. The molecule has 0 aliphatic heterocycles. The van der Waals surface area contributed by atoms with Gasteiger partial charge < -0.3 is 4.98 Å². The topological polar surface area (TPSA) is 39.6 Å². The van der Waals surface area contributed by atoms with Crippen molar-refractivity contribution in [2.75, 3.05) is 0 Å². The van der Waals surface area contributed by atoms with Crippen LogP contribution in [0.4, 0.5) is 0 Å². The van der Waals surface area contributed by atoms with E-state index in [1.54, 1.807) is 0 Å². The Morgan fingerprint density at radius 3 is 2.67 bits per heavy atom. The van der Waals surface area contributed by atoms with Gasteiger partial charge in [0.1, 0.15) is 0 Å². The van der Waals surface area contributed by atoms with E-state index < -0.39 is 0 Å². The maximum Gasteiger partial charge on any atom is 0.0991 e. The number of fused-ring (bicyclic) bond motifs is 1. The fourth-order valence-electron chi connectivity index (χ4n) is 2.02. The standard InChI is InChI=1S/C14H16N2.C2H6/c1-2-3-4-5-12-10-16-14-7-6-11(9-15)8-13(12)14;1-2/h6-8,10,16H,2-5H2,1H3;1-2H3. The SMILES string of the molecule is CC.CCCCCc1c[nH]c2ccc(C#N)cc12. The molecule has 0 unspecified atom stereocenters. The molecule has 2 heteroatoms. The van der Waals surface area contributed by atoms with Gasteiger partial charge in [-0.05, 0) is 36.6 Å². The Balaban J connectivity index is 0.000000771. The molecule has 1 aromatic heterocycles. The molecule has 0 aliphatic rings. The Morgan fingerprint density at radius 1 is 1.22 bits per heavy atom. The van der Waals surface area contributed by atoms with Crippen molar-refractivity contribution >= 4 is 10.9 Å². The molecule has 2 rings (SSSR count). The van der Waals surface area contributed by atoms with Crippen molar-refractivity contribution < 1.29 is 0 Å². The molecule has 0 saturated heterocycles. The minimum atomic E-state index is 0.740. The number of benzene rings is 1. The van der Waals surface area contributed by atoms with Gasteiger partial charge in [0.25, 0.3) is 0 Å². The normalized spacial score (nSPS) is 9.67. The van der Waals surface area contributed by atoms with E-state index in [9.17, 15) is 0 Å². The number of aromatic nitrogens is 1. The number of aromatic amines is 1. The molecule has 18 heavy (non-hydrogen) atoms. The van der Waals surface area contributed by atoms with Crippen LogP contribution in [0, 0.1) is 11.3 Å². The van der Waals surface area contributed by atoms with E-state index in [1.165, 1.54) is 30.2 Å². The van der Waals surface area contributed by atoms with Crippen LogP contribution in [-0.2, 0) is 6.42 Å². The molecule has 0 aliphatic carbocycles. The summed E-state index contributed by atoms with van der Waals surface area (Å²) >= 11 is 0. The fraction of sp³-hybridized carbons (Fsp3) is 0.438. The number of aryl methyl sites for hydroxylation is 1. The number of nitrogens with zero attached hydrogens (tertiary/aromatic N) is 1. The van der Waals surface area contributed by atoms with Crippen molar-refractivity contribution in [1.82, 2.24) is 4.98 Å². The summed E-state index contributed by atoms with van der Waals surface area (Å²) < 4.78 is 0. The first kappa shape index (κ1) is 14.3. The molecule has 2 aromatic rings. The predicted molar refractivity (Wildman–Crippen MR) is 77.6 cm³/mol. The predicted octanol–water partition coefficient (Wildman–Crippen LogP) is 4.80. The zero-order valence-electron chi connectivity index (χ0n) is 11.6. The molecule has 0 bridgehead atoms. The van der Waals surface area contributed by atoms with E-state index in [0.717, 1.165) is 17.5 Å². The van der Waals surface area contributed by atoms with E-state index in [1.807, 2.05) is 32.0 Å². The summed E-state index contributed by atoms with van der Waals surface area (Å²) in [7, 11) is 0. The first-order valence-electron chi connectivity index (χ1n) is 6.85. The number of H-pyrrole nitrogens is 1. The summed E-state index contributed by atoms with van der Waals surface area (Å²) in [5.74, 6) is 0. The van der Waals surface area contributed by atoms with E-state index in [0.29, 0.717) is 0 Å². The van der Waals surface area contributed by atoms with Crippen molar-refractivity contribution in [1.29, 1.82) is 5.26 Å². The molecular formula is C16H22N2. The Kier molecular flexibility index (Phi) is 6.00. The monoisotopic (exact) mass is 242 g/mol. The molecule has 0 atom stereocenters. The fourth-order valence-corrected chi connectivity index (χ4v) is 2.02. The Bertz CT molecular complexity index is 517. The van der Waals surface area contributed by atoms with Crippen molar-refractivity contribution in [3.05, 3.63) is 35.5 Å². The summed E-state index contributed by atoms with van der Waals surface area (Å²) in [6.45, 7) is 6.21. The minimum absolute atomic E-state index is 0.740. The largest absolute Gasteiger partial charge is 0.361 e. The van der Waals surface area contributed by atoms with E-state index >= 15 is 0 Å². The summed E-state index contributed by atoms with van der Waals surface area (Å²) in [5, 5.41) is 10.1. The third kappa shape index (κ3) is 3.37. The van der Waals surface area contributed by atoms with Gasteiger partial charge in [0, 0.05) is 17.1 Å². The van der Waals surface area contributed by atoms with Gasteiger partial charge in [0.2, 0.25) is 0 Å². The molecule has 96 valence electrons. The van der Waals surface area contributed by atoms with Crippen molar-refractivity contribution in [3.8, 4) is 6.07 Å². The lowest BCUT2D eigenvalue weighted by Crippen LogP contribution is -1.83. The van der Waals surface area contributed by atoms with Crippen LogP contribution in [0.5, 0.6) is 0 Å². The second kappa shape index (κ2) is 7.55. The third-order valence-electron chi connectivity index (χ3n) is 2.95. The highest BCUT2D eigenvalue weighted by Gasteiger charge is 2.04. The second-order valence-corrected chi connectivity index (χ2v) is 4.14. The molecule has 0 saturated carbocycles. The van der Waals surface area contributed by atoms with Crippen LogP contribution in [0.1, 0.15) is 51.2 Å². The summed E-state index contributed by atoms with van der Waals surface area (Å²) in [6, 6.07) is 8.01. The van der Waals surface area contributed by atoms with Gasteiger partial charge in [0.15, 0.2) is 0 Å². The zero-order chi connectivity index (χ0) is 13.4. The van der Waals surface area contributed by atoms with Crippen LogP contribution in [0.2, 0.25) is 0 Å². The Labute approximate surface area is 110 Å². The second-order valence-electron chi connectivity index (χ2n) is 4.14. The van der Waals surface area contributed by atoms with Gasteiger partial charge >= 0.3 is 0 Å². The molecule has 1 aromatic carbocycles. The van der Waals surface area contributed by atoms with Crippen molar-refractivity contribution in [2.24, 2.45) is 0 Å². The van der Waals surface area contributed by atoms with Gasteiger partial charge in [-0.1, -0.05) is 33.6 Å². The van der Waals surface area contributed by atoms with Crippen LogP contribution in [0.25, 0.3) is 10.9 Å². The third-order valence-corrected chi connectivity index (χ3v) is 2.95. The van der Waals surface area contributed by atoms with Crippen LogP contribution < -0.4 is 0 Å². The molecule has 1 heterocycles. The first-order chi connectivity index (χ1) is 8.85. The van der Waals surface area contributed by atoms with Crippen molar-refractivity contribution in [3.63, 3.8) is 0 Å². The quantitative estimate of drug-likeness (QED) is 0.769. The number of nitriles is 1. The summed E-state index contributed by atoms with van der Waals surface area (Å²) in [6.07, 6.45) is 6.90. The molecule has 0 amide bonds. The number of hydrogen-bond donors (Lipinski definition) is 1. The molecule has 0 radical (unpaired) electrons. The van der Waals surface area contributed by atoms with Crippen LogP contribution in [-0.4, -0.2) is 4.98 Å². The highest BCUT2D eigenvalue weighted by atomic mass is 14.7. The first-order valence-corrected chi connectivity index (χ1v) is 6.85. The molecule has 1 N–H and O–H groups in total. The summed E-state index contributed by atoms with van der Waals surface area (Å²) in [4.78, 5) is 3.26. The highest BCUT2D eigenvalue weighted by Crippen LogP contribution is 2.21. The molecule has 0 spiro atoms. The number of nitrogens with one attached hydrogen (secondary N) is 1. The van der Waals surface area contributed by atoms with Crippen molar-refractivity contribution in [2.45, 2.75) is 46.5 Å². The highest BCUT2D eigenvalue weighted by molar-refractivity contribution is 5.84. The van der Waals surface area contributed by atoms with Gasteiger partial charge in [-0.15, -0.1) is 0 Å². The average Bonchev–Trinajstić information content (AvgIpc) is 2.84. The van der Waals surface area contributed by atoms with E-state index in [4.69, 9.17) is 5.26 Å². The Hall–Kier alpha value is -1.75. The van der Waals surface area contributed by atoms with Crippen LogP contribution in [0.3, 0.4) is 0 Å². The molecule has 0 fully saturated rings. The lowest BCUT2D eigenvalue weighted by Gasteiger charge is -1.98. The van der Waals surface area contributed by atoms with Gasteiger partial charge in [-0.25, -0.2) is 0 Å². The lowest BCUT2D eigenvalue weighted by molar-refractivity contribution is 0.719.